The third-order valence-corrected chi connectivity index (χ3v) is 3.11. The Balaban J connectivity index is 2.86. The van der Waals surface area contributed by atoms with Gasteiger partial charge in [0.1, 0.15) is 12.4 Å². The maximum Gasteiger partial charge on any atom is 0.325 e. The van der Waals surface area contributed by atoms with Crippen molar-refractivity contribution in [2.24, 2.45) is 0 Å². The molecule has 4 nitrogen and oxygen atoms in total. The Morgan fingerprint density at radius 2 is 2.05 bits per heavy atom. The molecular formula is C13H15BrFNO3. The van der Waals surface area contributed by atoms with Crippen LogP contribution in [0.2, 0.25) is 0 Å². The van der Waals surface area contributed by atoms with Crippen LogP contribution in [-0.2, 0) is 9.53 Å². The third kappa shape index (κ3) is 4.31. The third-order valence-electron chi connectivity index (χ3n) is 2.46. The lowest BCUT2D eigenvalue weighted by molar-refractivity contribution is -0.143. The number of amides is 1. The van der Waals surface area contributed by atoms with Crippen molar-refractivity contribution in [1.29, 1.82) is 0 Å². The summed E-state index contributed by atoms with van der Waals surface area (Å²) in [5, 5.41) is 0. The van der Waals surface area contributed by atoms with Crippen LogP contribution in [0.3, 0.4) is 0 Å². The number of ether oxygens (including phenoxy) is 1. The van der Waals surface area contributed by atoms with Crippen molar-refractivity contribution < 1.29 is 18.7 Å². The van der Waals surface area contributed by atoms with Gasteiger partial charge in [-0.25, -0.2) is 4.39 Å². The van der Waals surface area contributed by atoms with Gasteiger partial charge >= 0.3 is 5.97 Å². The number of nitrogens with zero attached hydrogens (tertiary/aromatic N) is 1. The zero-order valence-corrected chi connectivity index (χ0v) is 12.4. The summed E-state index contributed by atoms with van der Waals surface area (Å²) in [7, 11) is 0. The van der Waals surface area contributed by atoms with E-state index in [9.17, 15) is 14.0 Å². The SMILES string of the molecule is CCOC(=O)CN(CC)C(=O)c1ccc(F)cc1Br. The number of hydrogen-bond donors (Lipinski definition) is 0. The van der Waals surface area contributed by atoms with E-state index in [-0.39, 0.29) is 19.1 Å². The van der Waals surface area contributed by atoms with Crippen LogP contribution in [0.1, 0.15) is 24.2 Å². The van der Waals surface area contributed by atoms with E-state index in [4.69, 9.17) is 4.74 Å². The topological polar surface area (TPSA) is 46.6 Å². The molecule has 0 aliphatic carbocycles. The minimum atomic E-state index is -0.462. The van der Waals surface area contributed by atoms with Gasteiger partial charge in [0.05, 0.1) is 12.2 Å². The lowest BCUT2D eigenvalue weighted by atomic mass is 10.2. The highest BCUT2D eigenvalue weighted by atomic mass is 79.9. The first kappa shape index (κ1) is 15.6. The minimum Gasteiger partial charge on any atom is -0.465 e. The second kappa shape index (κ2) is 7.23. The Labute approximate surface area is 119 Å². The van der Waals surface area contributed by atoms with E-state index in [1.165, 1.54) is 23.1 Å². The Hall–Kier alpha value is -1.43. The molecule has 1 aromatic carbocycles. The summed E-state index contributed by atoms with van der Waals surface area (Å²) in [6.45, 7) is 3.97. The van der Waals surface area contributed by atoms with Crippen LogP contribution in [0.4, 0.5) is 4.39 Å². The van der Waals surface area contributed by atoms with Crippen molar-refractivity contribution in [3.8, 4) is 0 Å². The zero-order valence-electron chi connectivity index (χ0n) is 10.8. The molecule has 0 saturated carbocycles. The van der Waals surface area contributed by atoms with E-state index in [0.29, 0.717) is 16.6 Å². The summed E-state index contributed by atoms with van der Waals surface area (Å²) < 4.78 is 18.1. The van der Waals surface area contributed by atoms with E-state index in [2.05, 4.69) is 15.9 Å². The highest BCUT2D eigenvalue weighted by molar-refractivity contribution is 9.10. The number of esters is 1. The highest BCUT2D eigenvalue weighted by Gasteiger charge is 2.20. The van der Waals surface area contributed by atoms with Crippen LogP contribution in [0.15, 0.2) is 22.7 Å². The highest BCUT2D eigenvalue weighted by Crippen LogP contribution is 2.19. The predicted molar refractivity (Wildman–Crippen MR) is 72.3 cm³/mol. The van der Waals surface area contributed by atoms with Gasteiger partial charge < -0.3 is 9.64 Å². The monoisotopic (exact) mass is 331 g/mol. The van der Waals surface area contributed by atoms with Crippen LogP contribution in [0.25, 0.3) is 0 Å². The van der Waals surface area contributed by atoms with Crippen molar-refractivity contribution in [3.63, 3.8) is 0 Å². The Morgan fingerprint density at radius 1 is 1.37 bits per heavy atom. The number of rotatable bonds is 5. The van der Waals surface area contributed by atoms with E-state index in [0.717, 1.165) is 0 Å². The largest absolute Gasteiger partial charge is 0.465 e. The molecule has 0 aliphatic heterocycles. The minimum absolute atomic E-state index is 0.118. The predicted octanol–water partition coefficient (Wildman–Crippen LogP) is 2.61. The average Bonchev–Trinajstić information content (AvgIpc) is 2.35. The van der Waals surface area contributed by atoms with Crippen molar-refractivity contribution in [2.75, 3.05) is 19.7 Å². The normalized spacial score (nSPS) is 10.1. The lowest BCUT2D eigenvalue weighted by Crippen LogP contribution is -2.36. The molecule has 0 heterocycles. The number of likely N-dealkylation sites (N-methyl/N-ethyl adjacent to an activating group) is 1. The molecule has 6 heteroatoms. The molecule has 0 aromatic heterocycles. The van der Waals surface area contributed by atoms with Crippen LogP contribution in [-0.4, -0.2) is 36.5 Å². The maximum absolute atomic E-state index is 13.0. The maximum atomic E-state index is 13.0. The van der Waals surface area contributed by atoms with Gasteiger partial charge in [-0.2, -0.15) is 0 Å². The fraction of sp³-hybridized carbons (Fsp3) is 0.385. The van der Waals surface area contributed by atoms with E-state index in [1.54, 1.807) is 13.8 Å². The summed E-state index contributed by atoms with van der Waals surface area (Å²) in [6.07, 6.45) is 0. The molecule has 0 aliphatic rings. The second-order valence-corrected chi connectivity index (χ2v) is 4.60. The van der Waals surface area contributed by atoms with E-state index < -0.39 is 11.8 Å². The van der Waals surface area contributed by atoms with Crippen molar-refractivity contribution in [1.82, 2.24) is 4.90 Å². The molecule has 0 saturated heterocycles. The molecule has 0 unspecified atom stereocenters. The van der Waals surface area contributed by atoms with Crippen LogP contribution in [0.5, 0.6) is 0 Å². The summed E-state index contributed by atoms with van der Waals surface area (Å²) in [5.41, 5.74) is 0.313. The molecule has 0 N–H and O–H groups in total. The molecule has 19 heavy (non-hydrogen) atoms. The van der Waals surface area contributed by atoms with Gasteiger partial charge in [0.25, 0.3) is 5.91 Å². The van der Waals surface area contributed by atoms with Crippen LogP contribution >= 0.6 is 15.9 Å². The lowest BCUT2D eigenvalue weighted by Gasteiger charge is -2.20. The standard InChI is InChI=1S/C13H15BrFNO3/c1-3-16(8-12(17)19-4-2)13(18)10-6-5-9(15)7-11(10)14/h5-7H,3-4,8H2,1-2H3. The van der Waals surface area contributed by atoms with Gasteiger partial charge in [0.15, 0.2) is 0 Å². The number of carbonyl (C=O) groups excluding carboxylic acids is 2. The number of carbonyl (C=O) groups is 2. The molecule has 0 atom stereocenters. The van der Waals surface area contributed by atoms with E-state index in [1.807, 2.05) is 0 Å². The first-order chi connectivity index (χ1) is 8.99. The van der Waals surface area contributed by atoms with Gasteiger partial charge in [-0.05, 0) is 48.0 Å². The molecular weight excluding hydrogens is 317 g/mol. The summed E-state index contributed by atoms with van der Waals surface area (Å²) in [4.78, 5) is 25.0. The van der Waals surface area contributed by atoms with Gasteiger partial charge in [-0.1, -0.05) is 0 Å². The molecule has 104 valence electrons. The number of hydrogen-bond acceptors (Lipinski definition) is 3. The molecule has 0 bridgehead atoms. The van der Waals surface area contributed by atoms with Gasteiger partial charge in [0, 0.05) is 11.0 Å². The molecule has 1 amide bonds. The van der Waals surface area contributed by atoms with Crippen LogP contribution in [0, 0.1) is 5.82 Å². The Morgan fingerprint density at radius 3 is 2.58 bits per heavy atom. The smallest absolute Gasteiger partial charge is 0.325 e. The fourth-order valence-electron chi connectivity index (χ4n) is 1.52. The second-order valence-electron chi connectivity index (χ2n) is 3.75. The first-order valence-corrected chi connectivity index (χ1v) is 6.68. The zero-order chi connectivity index (χ0) is 14.4. The Kier molecular flexibility index (Phi) is 5.95. The van der Waals surface area contributed by atoms with Crippen molar-refractivity contribution >= 4 is 27.8 Å². The fourth-order valence-corrected chi connectivity index (χ4v) is 2.04. The quantitative estimate of drug-likeness (QED) is 0.779. The molecule has 1 aromatic rings. The van der Waals surface area contributed by atoms with Crippen molar-refractivity contribution in [2.45, 2.75) is 13.8 Å². The number of benzene rings is 1. The summed E-state index contributed by atoms with van der Waals surface area (Å²) >= 11 is 3.14. The Bertz CT molecular complexity index is 479. The van der Waals surface area contributed by atoms with Gasteiger partial charge in [0.2, 0.25) is 0 Å². The molecule has 1 rings (SSSR count). The first-order valence-electron chi connectivity index (χ1n) is 5.89. The van der Waals surface area contributed by atoms with Crippen LogP contribution < -0.4 is 0 Å². The van der Waals surface area contributed by atoms with Gasteiger partial charge in [-0.15, -0.1) is 0 Å². The summed E-state index contributed by atoms with van der Waals surface area (Å²) in [6, 6.07) is 3.80. The molecule has 0 spiro atoms. The van der Waals surface area contributed by atoms with Crippen molar-refractivity contribution in [3.05, 3.63) is 34.1 Å². The summed E-state index contributed by atoms with van der Waals surface area (Å²) in [5.74, 6) is -1.24. The average molecular weight is 332 g/mol. The molecule has 0 radical (unpaired) electrons. The number of halogens is 2. The van der Waals surface area contributed by atoms with Gasteiger partial charge in [-0.3, -0.25) is 9.59 Å². The van der Waals surface area contributed by atoms with E-state index >= 15 is 0 Å². The molecule has 0 fully saturated rings.